The Morgan fingerprint density at radius 1 is 1.24 bits per heavy atom. The molecule has 1 heterocycles. The first-order chi connectivity index (χ1) is 8.06. The largest absolute Gasteiger partial charge is 0.398 e. The van der Waals surface area contributed by atoms with Crippen LogP contribution in [-0.2, 0) is 16.6 Å². The third-order valence-electron chi connectivity index (χ3n) is 2.12. The lowest BCUT2D eigenvalue weighted by Gasteiger charge is -2.04. The highest BCUT2D eigenvalue weighted by Gasteiger charge is 2.10. The standard InChI is InChI=1S/C11H9Cl2NOS2/c12-7-1-3-10(9(14)5-7)17(15)6-8-2-4-11(13)16-8/h1-5H,6,14H2. The smallest absolute Gasteiger partial charge is 0.0931 e. The number of hydrogen-bond donors (Lipinski definition) is 1. The Labute approximate surface area is 116 Å². The molecular formula is C11H9Cl2NOS2. The highest BCUT2D eigenvalue weighted by atomic mass is 35.5. The molecule has 2 N–H and O–H groups in total. The Kier molecular flexibility index (Phi) is 4.09. The Balaban J connectivity index is 2.20. The second-order valence-electron chi connectivity index (χ2n) is 3.38. The van der Waals surface area contributed by atoms with E-state index >= 15 is 0 Å². The monoisotopic (exact) mass is 305 g/mol. The van der Waals surface area contributed by atoms with Crippen molar-refractivity contribution in [3.63, 3.8) is 0 Å². The van der Waals surface area contributed by atoms with E-state index in [-0.39, 0.29) is 0 Å². The van der Waals surface area contributed by atoms with Crippen LogP contribution < -0.4 is 5.73 Å². The van der Waals surface area contributed by atoms with Crippen molar-refractivity contribution in [1.29, 1.82) is 0 Å². The minimum atomic E-state index is -1.17. The number of benzene rings is 1. The fraction of sp³-hybridized carbons (Fsp3) is 0.0909. The zero-order chi connectivity index (χ0) is 12.4. The van der Waals surface area contributed by atoms with Crippen LogP contribution in [0.1, 0.15) is 4.88 Å². The Hall–Kier alpha value is -0.550. The van der Waals surface area contributed by atoms with Gasteiger partial charge in [-0.25, -0.2) is 0 Å². The van der Waals surface area contributed by atoms with Gasteiger partial charge in [0.1, 0.15) is 0 Å². The van der Waals surface area contributed by atoms with E-state index in [9.17, 15) is 4.21 Å². The summed E-state index contributed by atoms with van der Waals surface area (Å²) in [7, 11) is -1.17. The van der Waals surface area contributed by atoms with Crippen LogP contribution in [0.5, 0.6) is 0 Å². The summed E-state index contributed by atoms with van der Waals surface area (Å²) in [6.07, 6.45) is 0. The second-order valence-corrected chi connectivity index (χ2v) is 7.03. The van der Waals surface area contributed by atoms with Crippen LogP contribution in [0.15, 0.2) is 35.2 Å². The molecule has 90 valence electrons. The van der Waals surface area contributed by atoms with E-state index < -0.39 is 10.8 Å². The van der Waals surface area contributed by atoms with Crippen molar-refractivity contribution >= 4 is 51.0 Å². The molecule has 1 aromatic heterocycles. The van der Waals surface area contributed by atoms with E-state index in [1.54, 1.807) is 24.3 Å². The Morgan fingerprint density at radius 2 is 2.00 bits per heavy atom. The number of anilines is 1. The molecule has 0 saturated heterocycles. The molecule has 0 bridgehead atoms. The Bertz CT molecular complexity index is 568. The van der Waals surface area contributed by atoms with Gasteiger partial charge in [0.25, 0.3) is 0 Å². The van der Waals surface area contributed by atoms with Gasteiger partial charge in [0.15, 0.2) is 0 Å². The fourth-order valence-corrected chi connectivity index (χ4v) is 4.03. The molecule has 1 unspecified atom stereocenters. The normalized spacial score (nSPS) is 12.6. The molecule has 0 aliphatic carbocycles. The second kappa shape index (κ2) is 5.40. The molecule has 0 saturated carbocycles. The number of nitrogen functional groups attached to an aromatic ring is 1. The molecule has 0 spiro atoms. The SMILES string of the molecule is Nc1cc(Cl)ccc1S(=O)Cc1ccc(Cl)s1. The quantitative estimate of drug-likeness (QED) is 0.873. The molecule has 2 rings (SSSR count). The van der Waals surface area contributed by atoms with Crippen molar-refractivity contribution in [2.24, 2.45) is 0 Å². The summed E-state index contributed by atoms with van der Waals surface area (Å²) in [5, 5.41) is 0.544. The van der Waals surface area contributed by atoms with E-state index in [4.69, 9.17) is 28.9 Å². The van der Waals surface area contributed by atoms with Crippen LogP contribution in [0, 0.1) is 0 Å². The first-order valence-electron chi connectivity index (χ1n) is 4.74. The van der Waals surface area contributed by atoms with E-state index in [0.717, 1.165) is 4.88 Å². The molecule has 2 aromatic rings. The fourth-order valence-electron chi connectivity index (χ4n) is 1.36. The maximum atomic E-state index is 12.1. The van der Waals surface area contributed by atoms with Crippen molar-refractivity contribution in [2.75, 3.05) is 5.73 Å². The van der Waals surface area contributed by atoms with Crippen LogP contribution in [0.4, 0.5) is 5.69 Å². The van der Waals surface area contributed by atoms with Gasteiger partial charge in [0, 0.05) is 15.6 Å². The van der Waals surface area contributed by atoms with Crippen molar-refractivity contribution in [3.8, 4) is 0 Å². The van der Waals surface area contributed by atoms with Gasteiger partial charge >= 0.3 is 0 Å². The van der Waals surface area contributed by atoms with E-state index in [1.807, 2.05) is 6.07 Å². The summed E-state index contributed by atoms with van der Waals surface area (Å²) >= 11 is 13.0. The van der Waals surface area contributed by atoms with Crippen LogP contribution >= 0.6 is 34.5 Å². The van der Waals surface area contributed by atoms with Crippen molar-refractivity contribution in [3.05, 3.63) is 44.6 Å². The molecule has 0 aliphatic rings. The zero-order valence-corrected chi connectivity index (χ0v) is 11.8. The van der Waals surface area contributed by atoms with Gasteiger partial charge in [-0.1, -0.05) is 23.2 Å². The maximum absolute atomic E-state index is 12.1. The maximum Gasteiger partial charge on any atom is 0.0931 e. The van der Waals surface area contributed by atoms with Crippen LogP contribution in [0.2, 0.25) is 9.36 Å². The van der Waals surface area contributed by atoms with Gasteiger partial charge in [-0.05, 0) is 30.3 Å². The number of halogens is 2. The van der Waals surface area contributed by atoms with Gasteiger partial charge < -0.3 is 5.73 Å². The van der Waals surface area contributed by atoms with Gasteiger partial charge in [0.05, 0.1) is 25.8 Å². The summed E-state index contributed by atoms with van der Waals surface area (Å²) in [4.78, 5) is 1.58. The van der Waals surface area contributed by atoms with Crippen LogP contribution in [0.25, 0.3) is 0 Å². The third-order valence-corrected chi connectivity index (χ3v) is 5.20. The first kappa shape index (κ1) is 12.9. The predicted molar refractivity (Wildman–Crippen MR) is 75.3 cm³/mol. The minimum Gasteiger partial charge on any atom is -0.398 e. The van der Waals surface area contributed by atoms with Gasteiger partial charge in [0.2, 0.25) is 0 Å². The molecule has 6 heteroatoms. The summed E-state index contributed by atoms with van der Waals surface area (Å²) in [6.45, 7) is 0. The highest BCUT2D eigenvalue weighted by molar-refractivity contribution is 7.84. The van der Waals surface area contributed by atoms with Crippen molar-refractivity contribution in [1.82, 2.24) is 0 Å². The molecule has 0 radical (unpaired) electrons. The molecular weight excluding hydrogens is 297 g/mol. The van der Waals surface area contributed by atoms with Crippen molar-refractivity contribution in [2.45, 2.75) is 10.6 Å². The number of thiophene rings is 1. The predicted octanol–water partition coefficient (Wildman–Crippen LogP) is 3.94. The summed E-state index contributed by atoms with van der Waals surface area (Å²) < 4.78 is 12.8. The summed E-state index contributed by atoms with van der Waals surface area (Å²) in [5.74, 6) is 0.420. The van der Waals surface area contributed by atoms with E-state index in [2.05, 4.69) is 0 Å². The Morgan fingerprint density at radius 3 is 2.59 bits per heavy atom. The minimum absolute atomic E-state index is 0.420. The lowest BCUT2D eigenvalue weighted by molar-refractivity contribution is 0.683. The lowest BCUT2D eigenvalue weighted by Crippen LogP contribution is -1.99. The molecule has 0 amide bonds. The van der Waals surface area contributed by atoms with Gasteiger partial charge in [-0.2, -0.15) is 0 Å². The van der Waals surface area contributed by atoms with Crippen LogP contribution in [0.3, 0.4) is 0 Å². The highest BCUT2D eigenvalue weighted by Crippen LogP contribution is 2.27. The average Bonchev–Trinajstić information content (AvgIpc) is 2.63. The van der Waals surface area contributed by atoms with Crippen LogP contribution in [-0.4, -0.2) is 4.21 Å². The van der Waals surface area contributed by atoms with Crippen molar-refractivity contribution < 1.29 is 4.21 Å². The molecule has 17 heavy (non-hydrogen) atoms. The average molecular weight is 306 g/mol. The lowest BCUT2D eigenvalue weighted by atomic mass is 10.3. The molecule has 1 aromatic carbocycles. The third kappa shape index (κ3) is 3.22. The zero-order valence-electron chi connectivity index (χ0n) is 8.65. The van der Waals surface area contributed by atoms with E-state index in [0.29, 0.717) is 25.7 Å². The number of nitrogens with two attached hydrogens (primary N) is 1. The molecule has 2 nitrogen and oxygen atoms in total. The van der Waals surface area contributed by atoms with Gasteiger partial charge in [-0.15, -0.1) is 11.3 Å². The van der Waals surface area contributed by atoms with E-state index in [1.165, 1.54) is 11.3 Å². The molecule has 0 fully saturated rings. The summed E-state index contributed by atoms with van der Waals surface area (Å²) in [5.41, 5.74) is 6.24. The summed E-state index contributed by atoms with van der Waals surface area (Å²) in [6, 6.07) is 8.66. The van der Waals surface area contributed by atoms with Gasteiger partial charge in [-0.3, -0.25) is 4.21 Å². The first-order valence-corrected chi connectivity index (χ1v) is 7.63. The molecule has 0 aliphatic heterocycles. The molecule has 1 atom stereocenters. The number of hydrogen-bond acceptors (Lipinski definition) is 3. The number of rotatable bonds is 3. The topological polar surface area (TPSA) is 43.1 Å².